The van der Waals surface area contributed by atoms with Gasteiger partial charge in [0.1, 0.15) is 12.3 Å². The molecule has 118 valence electrons. The molecular weight excluding hydrogens is 286 g/mol. The number of nitrogens with one attached hydrogen (secondary N) is 1. The van der Waals surface area contributed by atoms with Gasteiger partial charge in [-0.1, -0.05) is 0 Å². The number of carbonyl (C=O) groups is 3. The van der Waals surface area contributed by atoms with Gasteiger partial charge in [0, 0.05) is 12.0 Å². The van der Waals surface area contributed by atoms with Crippen molar-refractivity contribution in [1.82, 2.24) is 5.32 Å². The number of methoxy groups -OCH3 is 1. The molecule has 1 atom stereocenters. The van der Waals surface area contributed by atoms with E-state index in [1.165, 1.54) is 7.11 Å². The van der Waals surface area contributed by atoms with Crippen molar-refractivity contribution in [2.24, 2.45) is 0 Å². The minimum Gasteiger partial charge on any atom is -0.497 e. The SMILES string of the molecule is COc1ccc(C(=O)NCC(=O)O[C@@H]2CCCCC2=O)cc1. The monoisotopic (exact) mass is 305 g/mol. The molecule has 1 aliphatic carbocycles. The summed E-state index contributed by atoms with van der Waals surface area (Å²) in [5.74, 6) is -0.371. The fraction of sp³-hybridized carbons (Fsp3) is 0.438. The number of rotatable bonds is 5. The van der Waals surface area contributed by atoms with Crippen molar-refractivity contribution in [1.29, 1.82) is 0 Å². The topological polar surface area (TPSA) is 81.7 Å². The van der Waals surface area contributed by atoms with Crippen LogP contribution in [0.5, 0.6) is 5.75 Å². The van der Waals surface area contributed by atoms with Crippen LogP contribution in [-0.4, -0.2) is 37.4 Å². The van der Waals surface area contributed by atoms with E-state index in [1.807, 2.05) is 0 Å². The van der Waals surface area contributed by atoms with Crippen molar-refractivity contribution >= 4 is 17.7 Å². The molecule has 1 aromatic rings. The zero-order valence-corrected chi connectivity index (χ0v) is 12.5. The molecule has 1 aromatic carbocycles. The Morgan fingerprint density at radius 3 is 2.59 bits per heavy atom. The van der Waals surface area contributed by atoms with Crippen LogP contribution < -0.4 is 10.1 Å². The summed E-state index contributed by atoms with van der Waals surface area (Å²) in [5.41, 5.74) is 0.419. The van der Waals surface area contributed by atoms with Crippen LogP contribution in [0.4, 0.5) is 0 Å². The van der Waals surface area contributed by atoms with E-state index in [9.17, 15) is 14.4 Å². The van der Waals surface area contributed by atoms with Crippen LogP contribution >= 0.6 is 0 Å². The summed E-state index contributed by atoms with van der Waals surface area (Å²) < 4.78 is 10.1. The van der Waals surface area contributed by atoms with Gasteiger partial charge in [0.15, 0.2) is 11.9 Å². The maximum absolute atomic E-state index is 11.9. The third-order valence-corrected chi connectivity index (χ3v) is 3.52. The Morgan fingerprint density at radius 2 is 1.95 bits per heavy atom. The summed E-state index contributed by atoms with van der Waals surface area (Å²) in [7, 11) is 1.54. The number of hydrogen-bond donors (Lipinski definition) is 1. The van der Waals surface area contributed by atoms with Gasteiger partial charge in [-0.2, -0.15) is 0 Å². The van der Waals surface area contributed by atoms with Crippen LogP contribution in [-0.2, 0) is 14.3 Å². The van der Waals surface area contributed by atoms with Gasteiger partial charge in [-0.3, -0.25) is 14.4 Å². The Labute approximate surface area is 128 Å². The Balaban J connectivity index is 1.79. The molecule has 0 aliphatic heterocycles. The standard InChI is InChI=1S/C16H19NO5/c1-21-12-8-6-11(7-9-12)16(20)17-10-15(19)22-14-5-3-2-4-13(14)18/h6-9,14H,2-5,10H2,1H3,(H,17,20)/t14-/m1/s1. The molecule has 0 bridgehead atoms. The van der Waals surface area contributed by atoms with E-state index in [1.54, 1.807) is 24.3 Å². The van der Waals surface area contributed by atoms with Crippen LogP contribution in [0.25, 0.3) is 0 Å². The molecule has 1 saturated carbocycles. The highest BCUT2D eigenvalue weighted by molar-refractivity contribution is 5.96. The largest absolute Gasteiger partial charge is 0.497 e. The van der Waals surface area contributed by atoms with E-state index in [2.05, 4.69) is 5.32 Å². The van der Waals surface area contributed by atoms with Gasteiger partial charge in [0.05, 0.1) is 7.11 Å². The minimum absolute atomic E-state index is 0.0407. The molecule has 0 saturated heterocycles. The second-order valence-electron chi connectivity index (χ2n) is 5.10. The number of amides is 1. The maximum Gasteiger partial charge on any atom is 0.326 e. The summed E-state index contributed by atoms with van der Waals surface area (Å²) in [5, 5.41) is 2.48. The third kappa shape index (κ3) is 4.31. The smallest absolute Gasteiger partial charge is 0.326 e. The predicted octanol–water partition coefficient (Wildman–Crippen LogP) is 1.48. The highest BCUT2D eigenvalue weighted by Gasteiger charge is 2.25. The molecule has 1 amide bonds. The first-order valence-electron chi connectivity index (χ1n) is 7.24. The van der Waals surface area contributed by atoms with Crippen LogP contribution in [0.2, 0.25) is 0 Å². The first-order chi connectivity index (χ1) is 10.6. The lowest BCUT2D eigenvalue weighted by Gasteiger charge is -2.20. The van der Waals surface area contributed by atoms with Crippen molar-refractivity contribution in [3.05, 3.63) is 29.8 Å². The molecule has 1 N–H and O–H groups in total. The summed E-state index contributed by atoms with van der Waals surface area (Å²) in [6, 6.07) is 6.52. The Morgan fingerprint density at radius 1 is 1.23 bits per heavy atom. The summed E-state index contributed by atoms with van der Waals surface area (Å²) in [6.07, 6.45) is 2.09. The Bertz CT molecular complexity index is 552. The van der Waals surface area contributed by atoms with E-state index in [-0.39, 0.29) is 18.2 Å². The van der Waals surface area contributed by atoms with E-state index in [4.69, 9.17) is 9.47 Å². The van der Waals surface area contributed by atoms with E-state index >= 15 is 0 Å². The zero-order valence-electron chi connectivity index (χ0n) is 12.5. The van der Waals surface area contributed by atoms with E-state index in [0.29, 0.717) is 24.2 Å². The zero-order chi connectivity index (χ0) is 15.9. The summed E-state index contributed by atoms with van der Waals surface area (Å²) >= 11 is 0. The predicted molar refractivity (Wildman–Crippen MR) is 78.7 cm³/mol. The van der Waals surface area contributed by atoms with Gasteiger partial charge in [-0.15, -0.1) is 0 Å². The van der Waals surface area contributed by atoms with Crippen molar-refractivity contribution in [2.45, 2.75) is 31.8 Å². The molecular formula is C16H19NO5. The lowest BCUT2D eigenvalue weighted by molar-refractivity contribution is -0.155. The van der Waals surface area contributed by atoms with Crippen LogP contribution in [0.15, 0.2) is 24.3 Å². The quantitative estimate of drug-likeness (QED) is 0.833. The van der Waals surface area contributed by atoms with Crippen LogP contribution in [0.1, 0.15) is 36.0 Å². The van der Waals surface area contributed by atoms with Crippen molar-refractivity contribution in [3.63, 3.8) is 0 Å². The average Bonchev–Trinajstić information content (AvgIpc) is 2.55. The molecule has 0 radical (unpaired) electrons. The molecule has 2 rings (SSSR count). The number of hydrogen-bond acceptors (Lipinski definition) is 5. The van der Waals surface area contributed by atoms with Crippen LogP contribution in [0, 0.1) is 0 Å². The van der Waals surface area contributed by atoms with Crippen LogP contribution in [0.3, 0.4) is 0 Å². The lowest BCUT2D eigenvalue weighted by atomic mass is 9.96. The molecule has 22 heavy (non-hydrogen) atoms. The third-order valence-electron chi connectivity index (χ3n) is 3.52. The second-order valence-corrected chi connectivity index (χ2v) is 5.10. The molecule has 0 aromatic heterocycles. The number of ether oxygens (including phenoxy) is 2. The first-order valence-corrected chi connectivity index (χ1v) is 7.24. The fourth-order valence-corrected chi connectivity index (χ4v) is 2.27. The minimum atomic E-state index is -0.654. The molecule has 6 nitrogen and oxygen atoms in total. The first kappa shape index (κ1) is 16.0. The second kappa shape index (κ2) is 7.59. The van der Waals surface area contributed by atoms with Gasteiger partial charge >= 0.3 is 5.97 Å². The van der Waals surface area contributed by atoms with Crippen molar-refractivity contribution < 1.29 is 23.9 Å². The number of ketones is 1. The summed E-state index contributed by atoms with van der Waals surface area (Å²) in [6.45, 7) is -0.255. The summed E-state index contributed by atoms with van der Waals surface area (Å²) in [4.78, 5) is 35.1. The van der Waals surface area contributed by atoms with Gasteiger partial charge in [0.25, 0.3) is 5.91 Å². The molecule has 6 heteroatoms. The molecule has 1 fully saturated rings. The van der Waals surface area contributed by atoms with Gasteiger partial charge in [0.2, 0.25) is 0 Å². The molecule has 0 heterocycles. The van der Waals surface area contributed by atoms with Crippen molar-refractivity contribution in [3.8, 4) is 5.75 Å². The highest BCUT2D eigenvalue weighted by atomic mass is 16.5. The number of benzene rings is 1. The van der Waals surface area contributed by atoms with Gasteiger partial charge < -0.3 is 14.8 Å². The maximum atomic E-state index is 11.9. The van der Waals surface area contributed by atoms with Gasteiger partial charge in [-0.25, -0.2) is 0 Å². The molecule has 1 aliphatic rings. The number of Topliss-reactive ketones (excluding diaryl/α,β-unsaturated/α-hetero) is 1. The average molecular weight is 305 g/mol. The Kier molecular flexibility index (Phi) is 5.52. The molecule has 0 unspecified atom stereocenters. The highest BCUT2D eigenvalue weighted by Crippen LogP contribution is 2.17. The van der Waals surface area contributed by atoms with E-state index < -0.39 is 12.1 Å². The van der Waals surface area contributed by atoms with E-state index in [0.717, 1.165) is 12.8 Å². The lowest BCUT2D eigenvalue weighted by Crippen LogP contribution is -2.36. The fourth-order valence-electron chi connectivity index (χ4n) is 2.27. The number of carbonyl (C=O) groups excluding carboxylic acids is 3. The normalized spacial score (nSPS) is 17.7. The Hall–Kier alpha value is -2.37. The van der Waals surface area contributed by atoms with Crippen molar-refractivity contribution in [2.75, 3.05) is 13.7 Å². The van der Waals surface area contributed by atoms with Gasteiger partial charge in [-0.05, 0) is 43.5 Å². The molecule has 0 spiro atoms. The number of esters is 1.